The van der Waals surface area contributed by atoms with Gasteiger partial charge in [0.1, 0.15) is 5.75 Å². The van der Waals surface area contributed by atoms with Crippen LogP contribution in [0, 0.1) is 0 Å². The van der Waals surface area contributed by atoms with E-state index >= 15 is 0 Å². The number of hydrogen-bond acceptors (Lipinski definition) is 4. The highest BCUT2D eigenvalue weighted by Gasteiger charge is 2.16. The first-order chi connectivity index (χ1) is 9.61. The fourth-order valence-electron chi connectivity index (χ4n) is 1.46. The molecule has 1 aromatic rings. The van der Waals surface area contributed by atoms with Crippen molar-refractivity contribution in [3.63, 3.8) is 0 Å². The van der Waals surface area contributed by atoms with Crippen LogP contribution in [0.3, 0.4) is 0 Å². The summed E-state index contributed by atoms with van der Waals surface area (Å²) in [5.74, 6) is 0.300. The summed E-state index contributed by atoms with van der Waals surface area (Å²) in [6, 6.07) is 2.76. The van der Waals surface area contributed by atoms with E-state index in [2.05, 4.69) is 37.2 Å². The van der Waals surface area contributed by atoms with Crippen molar-refractivity contribution in [2.45, 2.75) is 31.2 Å². The molecule has 9 heteroatoms. The Kier molecular flexibility index (Phi) is 6.96. The van der Waals surface area contributed by atoms with E-state index in [1.54, 1.807) is 0 Å². The number of benzene rings is 1. The molecule has 5 nitrogen and oxygen atoms in total. The first kappa shape index (κ1) is 18.7. The van der Waals surface area contributed by atoms with E-state index in [0.29, 0.717) is 14.7 Å². The van der Waals surface area contributed by atoms with Crippen molar-refractivity contribution < 1.29 is 17.9 Å². The Bertz CT molecular complexity index is 611. The highest BCUT2D eigenvalue weighted by Crippen LogP contribution is 2.36. The molecule has 0 bridgehead atoms. The van der Waals surface area contributed by atoms with E-state index in [0.717, 1.165) is 0 Å². The average molecular weight is 464 g/mol. The van der Waals surface area contributed by atoms with E-state index in [9.17, 15) is 13.2 Å². The number of nitrogens with one attached hydrogen (secondary N) is 1. The highest BCUT2D eigenvalue weighted by molar-refractivity contribution is 9.11. The second-order valence-electron chi connectivity index (χ2n) is 4.47. The number of hydrogen-bond donors (Lipinski definition) is 1. The van der Waals surface area contributed by atoms with E-state index in [1.165, 1.54) is 12.1 Å². The summed E-state index contributed by atoms with van der Waals surface area (Å²) in [5, 5.41) is 2.75. The van der Waals surface area contributed by atoms with Gasteiger partial charge in [0.2, 0.25) is 5.91 Å². The summed E-state index contributed by atoms with van der Waals surface area (Å²) in [6.45, 7) is 3.91. The zero-order valence-electron chi connectivity index (χ0n) is 11.3. The van der Waals surface area contributed by atoms with Gasteiger partial charge in [-0.3, -0.25) is 4.79 Å². The van der Waals surface area contributed by atoms with Gasteiger partial charge >= 0.3 is 0 Å². The molecular weight excluding hydrogens is 449 g/mol. The van der Waals surface area contributed by atoms with Crippen LogP contribution in [-0.4, -0.2) is 27.0 Å². The van der Waals surface area contributed by atoms with Gasteiger partial charge in [-0.2, -0.15) is 0 Å². The Morgan fingerprint density at radius 2 is 1.86 bits per heavy atom. The van der Waals surface area contributed by atoms with Gasteiger partial charge in [-0.05, 0) is 57.8 Å². The number of amides is 1. The number of rotatable bonds is 6. The SMILES string of the molecule is CC(C)NC(=O)CCOc1c(Br)cc(S(=O)(=O)Cl)cc1Br. The summed E-state index contributed by atoms with van der Waals surface area (Å²) in [6.07, 6.45) is 0.201. The molecule has 118 valence electrons. The van der Waals surface area contributed by atoms with Gasteiger partial charge in [0.05, 0.1) is 26.9 Å². The fourth-order valence-corrected chi connectivity index (χ4v) is 3.96. The third-order valence-electron chi connectivity index (χ3n) is 2.28. The Balaban J connectivity index is 2.75. The lowest BCUT2D eigenvalue weighted by Crippen LogP contribution is -2.31. The minimum atomic E-state index is -3.82. The maximum Gasteiger partial charge on any atom is 0.261 e. The van der Waals surface area contributed by atoms with Gasteiger partial charge in [0, 0.05) is 16.7 Å². The summed E-state index contributed by atoms with van der Waals surface area (Å²) in [5.41, 5.74) is 0. The Morgan fingerprint density at radius 3 is 2.29 bits per heavy atom. The largest absolute Gasteiger partial charge is 0.491 e. The topological polar surface area (TPSA) is 72.5 Å². The fraction of sp³-hybridized carbons (Fsp3) is 0.417. The standard InChI is InChI=1S/C12H14Br2ClNO4S/c1-7(2)16-11(17)3-4-20-12-9(13)5-8(6-10(12)14)21(15,18)19/h5-7H,3-4H2,1-2H3,(H,16,17). The minimum Gasteiger partial charge on any atom is -0.491 e. The number of ether oxygens (including phenoxy) is 1. The van der Waals surface area contributed by atoms with Crippen LogP contribution in [0.25, 0.3) is 0 Å². The van der Waals surface area contributed by atoms with Crippen LogP contribution in [0.5, 0.6) is 5.75 Å². The third-order valence-corrected chi connectivity index (χ3v) is 4.79. The van der Waals surface area contributed by atoms with Gasteiger partial charge in [-0.25, -0.2) is 8.42 Å². The molecule has 0 aliphatic heterocycles. The predicted octanol–water partition coefficient (Wildman–Crippen LogP) is 3.43. The molecule has 1 N–H and O–H groups in total. The molecule has 0 heterocycles. The van der Waals surface area contributed by atoms with Gasteiger partial charge in [0.15, 0.2) is 0 Å². The second kappa shape index (κ2) is 7.80. The summed E-state index contributed by atoms with van der Waals surface area (Å²) < 4.78 is 28.9. The van der Waals surface area contributed by atoms with Gasteiger partial charge in [-0.1, -0.05) is 0 Å². The number of carbonyl (C=O) groups excluding carboxylic acids is 1. The van der Waals surface area contributed by atoms with Gasteiger partial charge in [0.25, 0.3) is 9.05 Å². The van der Waals surface area contributed by atoms with Crippen molar-refractivity contribution in [2.75, 3.05) is 6.61 Å². The lowest BCUT2D eigenvalue weighted by molar-refractivity contribution is -0.122. The minimum absolute atomic E-state index is 0.0483. The molecule has 0 saturated heterocycles. The van der Waals surface area contributed by atoms with E-state index in [4.69, 9.17) is 15.4 Å². The molecule has 0 spiro atoms. The normalized spacial score (nSPS) is 11.5. The second-order valence-corrected chi connectivity index (χ2v) is 8.75. The summed E-state index contributed by atoms with van der Waals surface area (Å²) in [7, 11) is 1.47. The van der Waals surface area contributed by atoms with Crippen molar-refractivity contribution in [2.24, 2.45) is 0 Å². The molecule has 1 amide bonds. The lowest BCUT2D eigenvalue weighted by atomic mass is 10.3. The van der Waals surface area contributed by atoms with Gasteiger partial charge in [-0.15, -0.1) is 0 Å². The highest BCUT2D eigenvalue weighted by atomic mass is 79.9. The molecule has 0 fully saturated rings. The van der Waals surface area contributed by atoms with Crippen LogP contribution in [-0.2, 0) is 13.8 Å². The smallest absolute Gasteiger partial charge is 0.261 e. The molecule has 1 aromatic carbocycles. The molecule has 0 unspecified atom stereocenters. The summed E-state index contributed by atoms with van der Waals surface area (Å²) >= 11 is 6.44. The zero-order valence-corrected chi connectivity index (χ0v) is 16.1. The Morgan fingerprint density at radius 1 is 1.33 bits per heavy atom. The number of halogens is 3. The van der Waals surface area contributed by atoms with Crippen LogP contribution < -0.4 is 10.1 Å². The molecule has 0 atom stereocenters. The van der Waals surface area contributed by atoms with Crippen molar-refractivity contribution in [1.29, 1.82) is 0 Å². The van der Waals surface area contributed by atoms with E-state index < -0.39 is 9.05 Å². The molecule has 1 rings (SSSR count). The maximum absolute atomic E-state index is 11.5. The molecular formula is C12H14Br2ClNO4S. The molecule has 0 aromatic heterocycles. The van der Waals surface area contributed by atoms with Gasteiger partial charge < -0.3 is 10.1 Å². The van der Waals surface area contributed by atoms with Crippen molar-refractivity contribution >= 4 is 57.5 Å². The monoisotopic (exact) mass is 461 g/mol. The molecule has 0 radical (unpaired) electrons. The molecule has 0 aliphatic carbocycles. The Labute approximate surface area is 145 Å². The van der Waals surface area contributed by atoms with Crippen LogP contribution in [0.2, 0.25) is 0 Å². The predicted molar refractivity (Wildman–Crippen MR) is 88.3 cm³/mol. The zero-order chi connectivity index (χ0) is 16.2. The quantitative estimate of drug-likeness (QED) is 0.656. The van der Waals surface area contributed by atoms with E-state index in [1.807, 2.05) is 13.8 Å². The van der Waals surface area contributed by atoms with Crippen molar-refractivity contribution in [1.82, 2.24) is 5.32 Å². The Hall–Kier alpha value is -0.310. The molecule has 21 heavy (non-hydrogen) atoms. The van der Waals surface area contributed by atoms with Crippen LogP contribution in [0.1, 0.15) is 20.3 Å². The van der Waals surface area contributed by atoms with Crippen LogP contribution >= 0.6 is 42.5 Å². The van der Waals surface area contributed by atoms with E-state index in [-0.39, 0.29) is 29.9 Å². The summed E-state index contributed by atoms with van der Waals surface area (Å²) in [4.78, 5) is 11.4. The van der Waals surface area contributed by atoms with Crippen LogP contribution in [0.4, 0.5) is 0 Å². The first-order valence-electron chi connectivity index (χ1n) is 5.97. The van der Waals surface area contributed by atoms with Crippen molar-refractivity contribution in [3.05, 3.63) is 21.1 Å². The average Bonchev–Trinajstić information content (AvgIpc) is 2.30. The van der Waals surface area contributed by atoms with Crippen LogP contribution in [0.15, 0.2) is 26.0 Å². The third kappa shape index (κ3) is 6.14. The molecule has 0 aliphatic rings. The first-order valence-corrected chi connectivity index (χ1v) is 9.86. The van der Waals surface area contributed by atoms with Crippen molar-refractivity contribution in [3.8, 4) is 5.75 Å². The molecule has 0 saturated carbocycles. The maximum atomic E-state index is 11.5. The number of carbonyl (C=O) groups is 1. The lowest BCUT2D eigenvalue weighted by Gasteiger charge is -2.12.